The lowest BCUT2D eigenvalue weighted by Crippen LogP contribution is -2.31. The summed E-state index contributed by atoms with van der Waals surface area (Å²) in [5.74, 6) is 1.88. The van der Waals surface area contributed by atoms with Crippen molar-refractivity contribution in [2.24, 2.45) is 0 Å². The minimum atomic E-state index is 0.565. The molecule has 0 fully saturated rings. The third kappa shape index (κ3) is 4.67. The van der Waals surface area contributed by atoms with Crippen LogP contribution in [0, 0.1) is 0 Å². The van der Waals surface area contributed by atoms with Crippen molar-refractivity contribution in [3.8, 4) is 0 Å². The largest absolute Gasteiger partial charge is 0.373 e. The lowest BCUT2D eigenvalue weighted by molar-refractivity contribution is 0.284. The summed E-state index contributed by atoms with van der Waals surface area (Å²) >= 11 is 0. The van der Waals surface area contributed by atoms with Gasteiger partial charge in [-0.25, -0.2) is 9.97 Å². The molecule has 0 saturated carbocycles. The zero-order valence-electron chi connectivity index (χ0n) is 12.8. The normalized spacial score (nSPS) is 11.1. The van der Waals surface area contributed by atoms with Gasteiger partial charge in [-0.15, -0.1) is 0 Å². The molecule has 0 radical (unpaired) electrons. The number of hydrogen-bond acceptors (Lipinski definition) is 5. The monoisotopic (exact) mass is 265 g/mol. The predicted octanol–water partition coefficient (Wildman–Crippen LogP) is 2.22. The number of nitrogens with one attached hydrogen (secondary N) is 2. The Hall–Kier alpha value is -1.36. The van der Waals surface area contributed by atoms with Crippen molar-refractivity contribution >= 4 is 11.6 Å². The summed E-state index contributed by atoms with van der Waals surface area (Å²) in [7, 11) is 4.04. The highest BCUT2D eigenvalue weighted by Gasteiger charge is 2.10. The summed E-state index contributed by atoms with van der Waals surface area (Å²) in [5, 5.41) is 6.56. The summed E-state index contributed by atoms with van der Waals surface area (Å²) in [6.45, 7) is 8.47. The third-order valence-corrected chi connectivity index (χ3v) is 3.32. The molecule has 0 amide bonds. The molecule has 1 aromatic heterocycles. The highest BCUT2D eigenvalue weighted by Crippen LogP contribution is 2.20. The molecule has 0 aliphatic carbocycles. The van der Waals surface area contributed by atoms with Gasteiger partial charge < -0.3 is 15.5 Å². The Bertz CT molecular complexity index is 378. The van der Waals surface area contributed by atoms with Crippen LogP contribution in [0.2, 0.25) is 0 Å². The number of hydrogen-bond donors (Lipinski definition) is 2. The second-order valence-corrected chi connectivity index (χ2v) is 5.05. The van der Waals surface area contributed by atoms with E-state index < -0.39 is 0 Å². The highest BCUT2D eigenvalue weighted by molar-refractivity contribution is 5.57. The average Bonchev–Trinajstić information content (AvgIpc) is 2.40. The van der Waals surface area contributed by atoms with E-state index in [9.17, 15) is 0 Å². The van der Waals surface area contributed by atoms with E-state index in [0.29, 0.717) is 6.04 Å². The van der Waals surface area contributed by atoms with Gasteiger partial charge in [0.05, 0.1) is 0 Å². The Morgan fingerprint density at radius 2 is 1.95 bits per heavy atom. The van der Waals surface area contributed by atoms with Gasteiger partial charge in [0.25, 0.3) is 0 Å². The molecule has 0 aliphatic heterocycles. The second-order valence-electron chi connectivity index (χ2n) is 5.05. The van der Waals surface area contributed by atoms with E-state index in [4.69, 9.17) is 0 Å². The van der Waals surface area contributed by atoms with Crippen LogP contribution in [0.4, 0.5) is 11.6 Å². The maximum atomic E-state index is 4.37. The number of rotatable bonds is 8. The predicted molar refractivity (Wildman–Crippen MR) is 81.8 cm³/mol. The Kier molecular flexibility index (Phi) is 6.56. The summed E-state index contributed by atoms with van der Waals surface area (Å²) in [6, 6.07) is 0.565. The van der Waals surface area contributed by atoms with Gasteiger partial charge in [0.1, 0.15) is 18.0 Å². The van der Waals surface area contributed by atoms with Gasteiger partial charge in [-0.2, -0.15) is 0 Å². The first-order valence-corrected chi connectivity index (χ1v) is 7.05. The van der Waals surface area contributed by atoms with Crippen LogP contribution in [0.3, 0.4) is 0 Å². The molecule has 5 nitrogen and oxygen atoms in total. The third-order valence-electron chi connectivity index (χ3n) is 3.32. The fourth-order valence-electron chi connectivity index (χ4n) is 1.88. The van der Waals surface area contributed by atoms with Gasteiger partial charge in [-0.05, 0) is 27.3 Å². The summed E-state index contributed by atoms with van der Waals surface area (Å²) in [4.78, 5) is 11.0. The van der Waals surface area contributed by atoms with Crippen LogP contribution < -0.4 is 10.6 Å². The molecule has 19 heavy (non-hydrogen) atoms. The fourth-order valence-corrected chi connectivity index (χ4v) is 1.88. The van der Waals surface area contributed by atoms with Crippen molar-refractivity contribution in [3.63, 3.8) is 0 Å². The quantitative estimate of drug-likeness (QED) is 0.755. The summed E-state index contributed by atoms with van der Waals surface area (Å²) in [6.07, 6.45) is 3.68. The van der Waals surface area contributed by atoms with Crippen LogP contribution in [0.5, 0.6) is 0 Å². The van der Waals surface area contributed by atoms with Crippen LogP contribution in [0.15, 0.2) is 6.33 Å². The maximum Gasteiger partial charge on any atom is 0.134 e. The molecule has 2 N–H and O–H groups in total. The molecule has 1 rings (SSSR count). The van der Waals surface area contributed by atoms with Crippen molar-refractivity contribution < 1.29 is 0 Å². The Labute approximate surface area is 116 Å². The van der Waals surface area contributed by atoms with Crippen LogP contribution in [0.25, 0.3) is 0 Å². The topological polar surface area (TPSA) is 53.1 Å². The van der Waals surface area contributed by atoms with E-state index in [2.05, 4.69) is 53.3 Å². The lowest BCUT2D eigenvalue weighted by Gasteiger charge is -2.21. The first-order valence-electron chi connectivity index (χ1n) is 7.05. The number of nitrogens with zero attached hydrogens (tertiary/aromatic N) is 3. The van der Waals surface area contributed by atoms with Gasteiger partial charge in [0.15, 0.2) is 0 Å². The van der Waals surface area contributed by atoms with Crippen molar-refractivity contribution in [1.82, 2.24) is 14.9 Å². The molecule has 1 heterocycles. The molecular formula is C14H27N5. The molecule has 0 spiro atoms. The molecule has 5 heteroatoms. The van der Waals surface area contributed by atoms with Crippen LogP contribution >= 0.6 is 0 Å². The standard InChI is InChI=1S/C14H27N5/c1-6-7-12-13(15-4)17-10-18-14(12)16-8-9-19(5)11(2)3/h10-11H,6-9H2,1-5H3,(H2,15,16,17,18). The first kappa shape index (κ1) is 15.7. The zero-order chi connectivity index (χ0) is 14.3. The Morgan fingerprint density at radius 3 is 2.53 bits per heavy atom. The second kappa shape index (κ2) is 7.94. The van der Waals surface area contributed by atoms with E-state index in [-0.39, 0.29) is 0 Å². The van der Waals surface area contributed by atoms with Crippen molar-refractivity contribution in [2.45, 2.75) is 39.7 Å². The van der Waals surface area contributed by atoms with Gasteiger partial charge in [-0.3, -0.25) is 0 Å². The minimum absolute atomic E-state index is 0.565. The molecule has 0 atom stereocenters. The maximum absolute atomic E-state index is 4.37. The van der Waals surface area contributed by atoms with Gasteiger partial charge in [0.2, 0.25) is 0 Å². The molecular weight excluding hydrogens is 238 g/mol. The fraction of sp³-hybridized carbons (Fsp3) is 0.714. The molecule has 0 saturated heterocycles. The van der Waals surface area contributed by atoms with Crippen LogP contribution in [-0.4, -0.2) is 48.1 Å². The molecule has 1 aromatic rings. The highest BCUT2D eigenvalue weighted by atomic mass is 15.1. The van der Waals surface area contributed by atoms with E-state index in [1.165, 1.54) is 5.56 Å². The molecule has 0 aromatic carbocycles. The molecule has 0 bridgehead atoms. The minimum Gasteiger partial charge on any atom is -0.373 e. The molecule has 0 aliphatic rings. The van der Waals surface area contributed by atoms with Gasteiger partial charge >= 0.3 is 0 Å². The number of likely N-dealkylation sites (N-methyl/N-ethyl adjacent to an activating group) is 1. The lowest BCUT2D eigenvalue weighted by atomic mass is 10.1. The smallest absolute Gasteiger partial charge is 0.134 e. The van der Waals surface area contributed by atoms with E-state index in [1.54, 1.807) is 6.33 Å². The van der Waals surface area contributed by atoms with Crippen molar-refractivity contribution in [3.05, 3.63) is 11.9 Å². The molecule has 0 unspecified atom stereocenters. The van der Waals surface area contributed by atoms with E-state index in [1.807, 2.05) is 7.05 Å². The SMILES string of the molecule is CCCc1c(NC)ncnc1NCCN(C)C(C)C. The van der Waals surface area contributed by atoms with Gasteiger partial charge in [0, 0.05) is 31.7 Å². The van der Waals surface area contributed by atoms with Crippen LogP contribution in [-0.2, 0) is 6.42 Å². The van der Waals surface area contributed by atoms with Crippen molar-refractivity contribution in [2.75, 3.05) is 37.8 Å². The van der Waals surface area contributed by atoms with Crippen molar-refractivity contribution in [1.29, 1.82) is 0 Å². The molecule has 108 valence electrons. The van der Waals surface area contributed by atoms with Crippen LogP contribution in [0.1, 0.15) is 32.8 Å². The number of anilines is 2. The first-order chi connectivity index (χ1) is 9.10. The van der Waals surface area contributed by atoms with E-state index >= 15 is 0 Å². The average molecular weight is 265 g/mol. The van der Waals surface area contributed by atoms with E-state index in [0.717, 1.165) is 37.6 Å². The van der Waals surface area contributed by atoms with Gasteiger partial charge in [-0.1, -0.05) is 13.3 Å². The summed E-state index contributed by atoms with van der Waals surface area (Å²) < 4.78 is 0. The number of aromatic nitrogens is 2. The Balaban J connectivity index is 2.66. The summed E-state index contributed by atoms with van der Waals surface area (Å²) in [5.41, 5.74) is 1.18. The Morgan fingerprint density at radius 1 is 1.26 bits per heavy atom. The zero-order valence-corrected chi connectivity index (χ0v) is 12.8.